The lowest BCUT2D eigenvalue weighted by atomic mass is 10.1. The third-order valence-electron chi connectivity index (χ3n) is 3.82. The van der Waals surface area contributed by atoms with Crippen molar-refractivity contribution in [1.82, 2.24) is 0 Å². The maximum atomic E-state index is 11.8. The van der Waals surface area contributed by atoms with Gasteiger partial charge in [0.2, 0.25) is 0 Å². The lowest BCUT2D eigenvalue weighted by Gasteiger charge is -2.06. The first-order valence-electron chi connectivity index (χ1n) is 9.10. The van der Waals surface area contributed by atoms with Crippen LogP contribution in [-0.4, -0.2) is 31.6 Å². The SMILES string of the molecule is CCCCCCCCCCOCCOC(=O)C(=O)c1ccccc1. The third kappa shape index (κ3) is 9.46. The van der Waals surface area contributed by atoms with Crippen molar-refractivity contribution in [2.45, 2.75) is 58.3 Å². The summed E-state index contributed by atoms with van der Waals surface area (Å²) < 4.78 is 10.4. The van der Waals surface area contributed by atoms with E-state index in [2.05, 4.69) is 6.92 Å². The van der Waals surface area contributed by atoms with Crippen molar-refractivity contribution in [3.05, 3.63) is 35.9 Å². The highest BCUT2D eigenvalue weighted by atomic mass is 16.6. The molecule has 0 radical (unpaired) electrons. The second-order valence-corrected chi connectivity index (χ2v) is 5.92. The Bertz CT molecular complexity index is 456. The summed E-state index contributed by atoms with van der Waals surface area (Å²) in [6, 6.07) is 8.42. The van der Waals surface area contributed by atoms with Crippen LogP contribution in [0.3, 0.4) is 0 Å². The number of hydrogen-bond acceptors (Lipinski definition) is 4. The molecule has 4 nitrogen and oxygen atoms in total. The van der Waals surface area contributed by atoms with Crippen LogP contribution in [0.4, 0.5) is 0 Å². The zero-order chi connectivity index (χ0) is 17.5. The maximum Gasteiger partial charge on any atom is 0.379 e. The summed E-state index contributed by atoms with van der Waals surface area (Å²) in [4.78, 5) is 23.4. The van der Waals surface area contributed by atoms with Crippen molar-refractivity contribution in [3.63, 3.8) is 0 Å². The molecule has 1 aromatic carbocycles. The molecule has 1 aromatic rings. The highest BCUT2D eigenvalue weighted by Crippen LogP contribution is 2.08. The quantitative estimate of drug-likeness (QED) is 0.216. The molecule has 0 amide bonds. The number of benzene rings is 1. The zero-order valence-electron chi connectivity index (χ0n) is 14.8. The van der Waals surface area contributed by atoms with Gasteiger partial charge in [-0.1, -0.05) is 82.2 Å². The van der Waals surface area contributed by atoms with E-state index in [1.165, 1.54) is 44.9 Å². The molecule has 0 aliphatic rings. The number of Topliss-reactive ketones (excluding diaryl/α,β-unsaturated/α-hetero) is 1. The maximum absolute atomic E-state index is 11.8. The van der Waals surface area contributed by atoms with Crippen LogP contribution in [0.2, 0.25) is 0 Å². The lowest BCUT2D eigenvalue weighted by molar-refractivity contribution is -0.139. The second-order valence-electron chi connectivity index (χ2n) is 5.92. The smallest absolute Gasteiger partial charge is 0.379 e. The van der Waals surface area contributed by atoms with Gasteiger partial charge in [-0.25, -0.2) is 4.79 Å². The average Bonchev–Trinajstić information content (AvgIpc) is 2.62. The van der Waals surface area contributed by atoms with Gasteiger partial charge in [-0.05, 0) is 6.42 Å². The Kier molecular flexibility index (Phi) is 11.7. The zero-order valence-corrected chi connectivity index (χ0v) is 14.8. The highest BCUT2D eigenvalue weighted by Gasteiger charge is 2.16. The Balaban J connectivity index is 1.93. The fourth-order valence-electron chi connectivity index (χ4n) is 2.41. The molecule has 0 N–H and O–H groups in total. The van der Waals surface area contributed by atoms with Crippen molar-refractivity contribution >= 4 is 11.8 Å². The molecule has 0 bridgehead atoms. The minimum atomic E-state index is -0.822. The van der Waals surface area contributed by atoms with Crippen molar-refractivity contribution in [2.24, 2.45) is 0 Å². The Morgan fingerprint density at radius 1 is 0.792 bits per heavy atom. The summed E-state index contributed by atoms with van der Waals surface area (Å²) in [6.45, 7) is 3.37. The first-order valence-corrected chi connectivity index (χ1v) is 9.10. The fourth-order valence-corrected chi connectivity index (χ4v) is 2.41. The number of ether oxygens (including phenoxy) is 2. The van der Waals surface area contributed by atoms with Crippen LogP contribution in [0.25, 0.3) is 0 Å². The average molecular weight is 334 g/mol. The molecule has 0 aliphatic carbocycles. The molecule has 0 heterocycles. The van der Waals surface area contributed by atoms with Gasteiger partial charge in [-0.15, -0.1) is 0 Å². The van der Waals surface area contributed by atoms with Crippen molar-refractivity contribution in [3.8, 4) is 0 Å². The summed E-state index contributed by atoms with van der Waals surface area (Å²) in [7, 11) is 0. The number of carbonyl (C=O) groups excluding carboxylic acids is 2. The van der Waals surface area contributed by atoms with Crippen molar-refractivity contribution < 1.29 is 19.1 Å². The number of ketones is 1. The van der Waals surface area contributed by atoms with E-state index in [0.717, 1.165) is 6.42 Å². The normalized spacial score (nSPS) is 10.5. The van der Waals surface area contributed by atoms with Gasteiger partial charge < -0.3 is 9.47 Å². The minimum Gasteiger partial charge on any atom is -0.457 e. The molecule has 4 heteroatoms. The van der Waals surface area contributed by atoms with Gasteiger partial charge in [-0.3, -0.25) is 4.79 Å². The summed E-state index contributed by atoms with van der Waals surface area (Å²) >= 11 is 0. The lowest BCUT2D eigenvalue weighted by Crippen LogP contribution is -2.20. The third-order valence-corrected chi connectivity index (χ3v) is 3.82. The summed E-state index contributed by atoms with van der Waals surface area (Å²) in [5, 5.41) is 0. The van der Waals surface area contributed by atoms with E-state index in [0.29, 0.717) is 18.8 Å². The number of rotatable bonds is 14. The Morgan fingerprint density at radius 3 is 2.08 bits per heavy atom. The van der Waals surface area contributed by atoms with Gasteiger partial charge in [0.25, 0.3) is 5.78 Å². The van der Waals surface area contributed by atoms with Gasteiger partial charge in [0.1, 0.15) is 6.61 Å². The van der Waals surface area contributed by atoms with Crippen LogP contribution in [0.15, 0.2) is 30.3 Å². The van der Waals surface area contributed by atoms with Crippen LogP contribution >= 0.6 is 0 Å². The predicted molar refractivity (Wildman–Crippen MR) is 95.2 cm³/mol. The van der Waals surface area contributed by atoms with Crippen LogP contribution in [-0.2, 0) is 14.3 Å². The fraction of sp³-hybridized carbons (Fsp3) is 0.600. The molecule has 134 valence electrons. The standard InChI is InChI=1S/C20H30O4/c1-2-3-4-5-6-7-8-12-15-23-16-17-24-20(22)19(21)18-13-10-9-11-14-18/h9-11,13-14H,2-8,12,15-17H2,1H3. The van der Waals surface area contributed by atoms with Gasteiger partial charge in [0.15, 0.2) is 0 Å². The van der Waals surface area contributed by atoms with E-state index in [4.69, 9.17) is 9.47 Å². The van der Waals surface area contributed by atoms with E-state index >= 15 is 0 Å². The van der Waals surface area contributed by atoms with Crippen LogP contribution in [0.1, 0.15) is 68.6 Å². The largest absolute Gasteiger partial charge is 0.457 e. The molecule has 0 unspecified atom stereocenters. The molecule has 0 saturated heterocycles. The number of hydrogen-bond donors (Lipinski definition) is 0. The number of unbranched alkanes of at least 4 members (excludes halogenated alkanes) is 7. The topological polar surface area (TPSA) is 52.6 Å². The molecule has 1 rings (SSSR count). The summed E-state index contributed by atoms with van der Waals surface area (Å²) in [6.07, 6.45) is 10.1. The molecular weight excluding hydrogens is 304 g/mol. The van der Waals surface area contributed by atoms with Crippen LogP contribution in [0, 0.1) is 0 Å². The molecule has 0 fully saturated rings. The Morgan fingerprint density at radius 2 is 1.42 bits per heavy atom. The van der Waals surface area contributed by atoms with E-state index in [-0.39, 0.29) is 6.61 Å². The number of carbonyl (C=O) groups is 2. The van der Waals surface area contributed by atoms with Gasteiger partial charge >= 0.3 is 5.97 Å². The second kappa shape index (κ2) is 13.7. The first-order chi connectivity index (χ1) is 11.8. The molecule has 0 aromatic heterocycles. The summed E-state index contributed by atoms with van der Waals surface area (Å²) in [5.74, 6) is -1.43. The highest BCUT2D eigenvalue weighted by molar-refractivity contribution is 6.40. The Labute approximate surface area is 145 Å². The Hall–Kier alpha value is -1.68. The molecule has 0 atom stereocenters. The van der Waals surface area contributed by atoms with E-state index in [1.807, 2.05) is 0 Å². The van der Waals surface area contributed by atoms with E-state index in [9.17, 15) is 9.59 Å². The molecule has 0 aliphatic heterocycles. The van der Waals surface area contributed by atoms with Crippen molar-refractivity contribution in [1.29, 1.82) is 0 Å². The van der Waals surface area contributed by atoms with Crippen molar-refractivity contribution in [2.75, 3.05) is 19.8 Å². The number of esters is 1. The molecule has 0 saturated carbocycles. The first kappa shape index (κ1) is 20.4. The van der Waals surface area contributed by atoms with Gasteiger partial charge in [-0.2, -0.15) is 0 Å². The monoisotopic (exact) mass is 334 g/mol. The molecule has 0 spiro atoms. The molecular formula is C20H30O4. The molecule has 24 heavy (non-hydrogen) atoms. The van der Waals surface area contributed by atoms with Gasteiger partial charge in [0, 0.05) is 12.2 Å². The van der Waals surface area contributed by atoms with Gasteiger partial charge in [0.05, 0.1) is 6.61 Å². The van der Waals surface area contributed by atoms with Crippen LogP contribution < -0.4 is 0 Å². The minimum absolute atomic E-state index is 0.119. The van der Waals surface area contributed by atoms with E-state index in [1.54, 1.807) is 30.3 Å². The van der Waals surface area contributed by atoms with E-state index < -0.39 is 11.8 Å². The predicted octanol–water partition coefficient (Wildman–Crippen LogP) is 4.57. The summed E-state index contributed by atoms with van der Waals surface area (Å²) in [5.41, 5.74) is 0.349. The van der Waals surface area contributed by atoms with Crippen LogP contribution in [0.5, 0.6) is 0 Å².